The number of nitrogens with one attached hydrogen (secondary N) is 1. The molecule has 5 heteroatoms. The Hall–Kier alpha value is -0.420. The normalized spacial score (nSPS) is 37.4. The average molecular weight is 134 g/mol. The number of hydrogen-bond donors (Lipinski definition) is 1. The van der Waals surface area contributed by atoms with Crippen LogP contribution >= 0.6 is 0 Å². The summed E-state index contributed by atoms with van der Waals surface area (Å²) in [4.78, 5) is 10.3. The summed E-state index contributed by atoms with van der Waals surface area (Å²) in [6.45, 7) is 0.120. The summed E-state index contributed by atoms with van der Waals surface area (Å²) in [6.07, 6.45) is 1.40. The standard InChI is InChI=1S/C3H6N2O2S/c1-8(7)4-2-3(6)5-8/h2H2,1H3,(H,4,5,6,7). The number of nitrogens with zero attached hydrogens (tertiary/aromatic N) is 1. The molecule has 0 radical (unpaired) electrons. The van der Waals surface area contributed by atoms with Gasteiger partial charge in [0.05, 0.1) is 6.54 Å². The Kier molecular flexibility index (Phi) is 1.09. The van der Waals surface area contributed by atoms with Crippen LogP contribution < -0.4 is 4.72 Å². The van der Waals surface area contributed by atoms with E-state index in [1.54, 1.807) is 0 Å². The van der Waals surface area contributed by atoms with Crippen molar-refractivity contribution in [1.82, 2.24) is 4.72 Å². The molecule has 8 heavy (non-hydrogen) atoms. The molecule has 0 saturated carbocycles. The Morgan fingerprint density at radius 1 is 1.88 bits per heavy atom. The van der Waals surface area contributed by atoms with Gasteiger partial charge in [0.2, 0.25) is 0 Å². The molecule has 1 rings (SSSR count). The van der Waals surface area contributed by atoms with Crippen LogP contribution in [0.25, 0.3) is 0 Å². The van der Waals surface area contributed by atoms with Crippen molar-refractivity contribution >= 4 is 15.8 Å². The zero-order valence-electron chi connectivity index (χ0n) is 4.38. The third-order valence-corrected chi connectivity index (χ3v) is 2.00. The molecule has 0 aromatic heterocycles. The second kappa shape index (κ2) is 1.53. The van der Waals surface area contributed by atoms with Crippen LogP contribution in [0.15, 0.2) is 4.36 Å². The van der Waals surface area contributed by atoms with Crippen LogP contribution in [0.1, 0.15) is 0 Å². The quantitative estimate of drug-likeness (QED) is 0.468. The molecular formula is C3H6N2O2S. The molecule has 46 valence electrons. The zero-order chi connectivity index (χ0) is 6.20. The topological polar surface area (TPSA) is 58.5 Å². The fraction of sp³-hybridized carbons (Fsp3) is 0.667. The van der Waals surface area contributed by atoms with Crippen molar-refractivity contribution in [3.8, 4) is 0 Å². The van der Waals surface area contributed by atoms with Crippen molar-refractivity contribution in [3.05, 3.63) is 0 Å². The van der Waals surface area contributed by atoms with Crippen LogP contribution in [0.2, 0.25) is 0 Å². The minimum atomic E-state index is -2.32. The first-order valence-electron chi connectivity index (χ1n) is 2.10. The largest absolute Gasteiger partial charge is 0.270 e. The maximum Gasteiger partial charge on any atom is 0.269 e. The SMILES string of the molecule is CS1(=O)=NC(=O)CN1. The van der Waals surface area contributed by atoms with Crippen LogP contribution in [0.5, 0.6) is 0 Å². The van der Waals surface area contributed by atoms with E-state index in [4.69, 9.17) is 0 Å². The van der Waals surface area contributed by atoms with Gasteiger partial charge in [0, 0.05) is 6.26 Å². The maximum atomic E-state index is 10.7. The lowest BCUT2D eigenvalue weighted by Crippen LogP contribution is -2.17. The number of carbonyl (C=O) groups is 1. The first-order valence-corrected chi connectivity index (χ1v) is 4.02. The van der Waals surface area contributed by atoms with Gasteiger partial charge >= 0.3 is 0 Å². The Bertz CT molecular complexity index is 225. The second-order valence-electron chi connectivity index (χ2n) is 1.61. The van der Waals surface area contributed by atoms with Gasteiger partial charge in [0.1, 0.15) is 9.92 Å². The molecule has 0 fully saturated rings. The lowest BCUT2D eigenvalue weighted by molar-refractivity contribution is -0.116. The van der Waals surface area contributed by atoms with Gasteiger partial charge in [-0.2, -0.15) is 0 Å². The highest BCUT2D eigenvalue weighted by molar-refractivity contribution is 7.91. The van der Waals surface area contributed by atoms with E-state index in [1.807, 2.05) is 0 Å². The molecule has 0 saturated heterocycles. The molecule has 0 aromatic carbocycles. The molecule has 1 amide bonds. The van der Waals surface area contributed by atoms with Gasteiger partial charge in [-0.05, 0) is 0 Å². The molecular weight excluding hydrogens is 128 g/mol. The first-order chi connectivity index (χ1) is 3.60. The summed E-state index contributed by atoms with van der Waals surface area (Å²) in [7, 11) is -2.32. The third kappa shape index (κ3) is 1.05. The van der Waals surface area contributed by atoms with Gasteiger partial charge in [-0.15, -0.1) is 4.36 Å². The number of hydrogen-bond acceptors (Lipinski definition) is 2. The van der Waals surface area contributed by atoms with Crippen molar-refractivity contribution in [2.24, 2.45) is 4.36 Å². The Labute approximate surface area is 47.6 Å². The van der Waals surface area contributed by atoms with Crippen molar-refractivity contribution in [2.75, 3.05) is 12.8 Å². The molecule has 4 nitrogen and oxygen atoms in total. The zero-order valence-corrected chi connectivity index (χ0v) is 5.20. The third-order valence-electron chi connectivity index (χ3n) is 0.767. The highest BCUT2D eigenvalue weighted by Crippen LogP contribution is 1.93. The van der Waals surface area contributed by atoms with Gasteiger partial charge in [-0.3, -0.25) is 4.79 Å². The predicted octanol–water partition coefficient (Wildman–Crippen LogP) is -0.871. The molecule has 1 heterocycles. The summed E-state index contributed by atoms with van der Waals surface area (Å²) in [6, 6.07) is 0. The van der Waals surface area contributed by atoms with Crippen molar-refractivity contribution in [1.29, 1.82) is 0 Å². The van der Waals surface area contributed by atoms with E-state index in [1.165, 1.54) is 6.26 Å². The fourth-order valence-corrected chi connectivity index (χ4v) is 1.36. The van der Waals surface area contributed by atoms with E-state index in [2.05, 4.69) is 9.08 Å². The molecule has 0 aromatic rings. The van der Waals surface area contributed by atoms with Crippen molar-refractivity contribution < 1.29 is 9.00 Å². The Balaban J connectivity index is 3.04. The van der Waals surface area contributed by atoms with Gasteiger partial charge in [0.15, 0.2) is 0 Å². The molecule has 1 atom stereocenters. The molecule has 1 unspecified atom stereocenters. The van der Waals surface area contributed by atoms with Crippen molar-refractivity contribution in [2.45, 2.75) is 0 Å². The second-order valence-corrected chi connectivity index (χ2v) is 3.68. The fourth-order valence-electron chi connectivity index (χ4n) is 0.454. The van der Waals surface area contributed by atoms with Gasteiger partial charge in [0.25, 0.3) is 5.91 Å². The number of rotatable bonds is 0. The average Bonchev–Trinajstić information content (AvgIpc) is 1.82. The van der Waals surface area contributed by atoms with Crippen LogP contribution in [-0.2, 0) is 14.7 Å². The summed E-state index contributed by atoms with van der Waals surface area (Å²) in [5, 5.41) is 0. The van der Waals surface area contributed by atoms with E-state index in [9.17, 15) is 9.00 Å². The van der Waals surface area contributed by atoms with Crippen LogP contribution in [0.4, 0.5) is 0 Å². The molecule has 0 bridgehead atoms. The summed E-state index contributed by atoms with van der Waals surface area (Å²) in [5.74, 6) is -0.322. The van der Waals surface area contributed by atoms with E-state index in [-0.39, 0.29) is 12.5 Å². The van der Waals surface area contributed by atoms with E-state index in [0.29, 0.717) is 0 Å². The van der Waals surface area contributed by atoms with Gasteiger partial charge < -0.3 is 0 Å². The summed E-state index contributed by atoms with van der Waals surface area (Å²) >= 11 is 0. The lowest BCUT2D eigenvalue weighted by Gasteiger charge is -1.88. The summed E-state index contributed by atoms with van der Waals surface area (Å²) in [5.41, 5.74) is 0. The highest BCUT2D eigenvalue weighted by Gasteiger charge is 2.13. The smallest absolute Gasteiger partial charge is 0.269 e. The summed E-state index contributed by atoms with van der Waals surface area (Å²) < 4.78 is 16.5. The number of carbonyl (C=O) groups excluding carboxylic acids is 1. The maximum absolute atomic E-state index is 10.7. The Morgan fingerprint density at radius 3 is 2.62 bits per heavy atom. The van der Waals surface area contributed by atoms with Crippen LogP contribution in [-0.4, -0.2) is 22.9 Å². The molecule has 1 aliphatic heterocycles. The molecule has 1 aliphatic rings. The lowest BCUT2D eigenvalue weighted by atomic mass is 10.7. The van der Waals surface area contributed by atoms with E-state index in [0.717, 1.165) is 0 Å². The Morgan fingerprint density at radius 2 is 2.50 bits per heavy atom. The van der Waals surface area contributed by atoms with Gasteiger partial charge in [-0.1, -0.05) is 0 Å². The van der Waals surface area contributed by atoms with Crippen LogP contribution in [0, 0.1) is 0 Å². The van der Waals surface area contributed by atoms with E-state index < -0.39 is 9.92 Å². The van der Waals surface area contributed by atoms with Gasteiger partial charge in [-0.25, -0.2) is 8.93 Å². The van der Waals surface area contributed by atoms with E-state index >= 15 is 0 Å². The minimum absolute atomic E-state index is 0.120. The molecule has 0 spiro atoms. The molecule has 0 aliphatic carbocycles. The minimum Gasteiger partial charge on any atom is -0.270 e. The predicted molar refractivity (Wildman–Crippen MR) is 29.5 cm³/mol. The highest BCUT2D eigenvalue weighted by atomic mass is 32.2. The first kappa shape index (κ1) is 5.71. The van der Waals surface area contributed by atoms with Crippen molar-refractivity contribution in [3.63, 3.8) is 0 Å². The monoisotopic (exact) mass is 134 g/mol. The molecule has 1 N–H and O–H groups in total. The van der Waals surface area contributed by atoms with Crippen LogP contribution in [0.3, 0.4) is 0 Å². The number of amides is 1.